The maximum atomic E-state index is 13.4. The third-order valence-electron chi connectivity index (χ3n) is 6.02. The maximum absolute atomic E-state index is 13.4. The Labute approximate surface area is 159 Å². The van der Waals surface area contributed by atoms with E-state index in [4.69, 9.17) is 0 Å². The summed E-state index contributed by atoms with van der Waals surface area (Å²) >= 11 is 0. The SMILES string of the molecule is CC(C)[C@H]1CC[C@H](C)CC1(O)c1ccccc1C(=O)N(C(C)C)C(C)C. The van der Waals surface area contributed by atoms with Crippen LogP contribution in [0.25, 0.3) is 0 Å². The summed E-state index contributed by atoms with van der Waals surface area (Å²) in [5.74, 6) is 1.05. The average Bonchev–Trinajstić information content (AvgIpc) is 2.53. The molecule has 0 heterocycles. The second-order valence-corrected chi connectivity index (χ2v) is 9.11. The molecular weight excluding hydrogens is 322 g/mol. The molecule has 0 radical (unpaired) electrons. The van der Waals surface area contributed by atoms with Gasteiger partial charge in [0.25, 0.3) is 5.91 Å². The highest BCUT2D eigenvalue weighted by molar-refractivity contribution is 5.96. The minimum Gasteiger partial charge on any atom is -0.385 e. The van der Waals surface area contributed by atoms with Crippen molar-refractivity contribution in [3.05, 3.63) is 35.4 Å². The van der Waals surface area contributed by atoms with Gasteiger partial charge in [0, 0.05) is 17.6 Å². The van der Waals surface area contributed by atoms with Gasteiger partial charge >= 0.3 is 0 Å². The summed E-state index contributed by atoms with van der Waals surface area (Å²) in [4.78, 5) is 15.3. The van der Waals surface area contributed by atoms with Gasteiger partial charge in [-0.3, -0.25) is 4.79 Å². The Hall–Kier alpha value is -1.35. The van der Waals surface area contributed by atoms with Crippen molar-refractivity contribution in [2.24, 2.45) is 17.8 Å². The first kappa shape index (κ1) is 21.0. The van der Waals surface area contributed by atoms with Crippen LogP contribution in [0.15, 0.2) is 24.3 Å². The molecule has 0 saturated heterocycles. The molecule has 3 heteroatoms. The molecule has 3 nitrogen and oxygen atoms in total. The van der Waals surface area contributed by atoms with Gasteiger partial charge in [-0.2, -0.15) is 0 Å². The number of rotatable bonds is 5. The number of hydrogen-bond donors (Lipinski definition) is 1. The lowest BCUT2D eigenvalue weighted by Gasteiger charge is -2.46. The van der Waals surface area contributed by atoms with Gasteiger partial charge < -0.3 is 10.0 Å². The zero-order valence-corrected chi connectivity index (χ0v) is 17.6. The van der Waals surface area contributed by atoms with Crippen molar-refractivity contribution in [1.29, 1.82) is 0 Å². The first-order chi connectivity index (χ1) is 12.1. The molecule has 0 bridgehead atoms. The van der Waals surface area contributed by atoms with Crippen molar-refractivity contribution < 1.29 is 9.90 Å². The van der Waals surface area contributed by atoms with E-state index in [-0.39, 0.29) is 23.9 Å². The summed E-state index contributed by atoms with van der Waals surface area (Å²) in [6.45, 7) is 14.8. The van der Waals surface area contributed by atoms with E-state index >= 15 is 0 Å². The Morgan fingerprint density at radius 2 is 1.65 bits per heavy atom. The van der Waals surface area contributed by atoms with Crippen LogP contribution in [0.4, 0.5) is 0 Å². The lowest BCUT2D eigenvalue weighted by molar-refractivity contribution is -0.0870. The molecule has 3 atom stereocenters. The summed E-state index contributed by atoms with van der Waals surface area (Å²) in [6, 6.07) is 7.97. The number of amides is 1. The normalized spacial score (nSPS) is 26.6. The van der Waals surface area contributed by atoms with Crippen molar-refractivity contribution in [2.75, 3.05) is 0 Å². The number of carbonyl (C=O) groups is 1. The quantitative estimate of drug-likeness (QED) is 0.782. The molecule has 1 N–H and O–H groups in total. The number of nitrogens with zero attached hydrogens (tertiary/aromatic N) is 1. The summed E-state index contributed by atoms with van der Waals surface area (Å²) in [7, 11) is 0. The molecular formula is C23H37NO2. The lowest BCUT2D eigenvalue weighted by Crippen LogP contribution is -2.46. The second-order valence-electron chi connectivity index (χ2n) is 9.11. The molecule has 1 aliphatic rings. The highest BCUT2D eigenvalue weighted by Gasteiger charge is 2.46. The van der Waals surface area contributed by atoms with Crippen molar-refractivity contribution in [3.8, 4) is 0 Å². The van der Waals surface area contributed by atoms with Crippen LogP contribution in [0.5, 0.6) is 0 Å². The van der Waals surface area contributed by atoms with Crippen molar-refractivity contribution in [2.45, 2.75) is 85.4 Å². The van der Waals surface area contributed by atoms with Crippen LogP contribution < -0.4 is 0 Å². The average molecular weight is 360 g/mol. The summed E-state index contributed by atoms with van der Waals surface area (Å²) in [6.07, 6.45) is 2.88. The van der Waals surface area contributed by atoms with Gasteiger partial charge in [-0.1, -0.05) is 45.4 Å². The molecule has 1 unspecified atom stereocenters. The molecule has 1 fully saturated rings. The van der Waals surface area contributed by atoms with E-state index in [1.807, 2.05) is 29.2 Å². The fraction of sp³-hybridized carbons (Fsp3) is 0.696. The molecule has 1 aromatic rings. The van der Waals surface area contributed by atoms with Gasteiger partial charge in [-0.05, 0) is 69.9 Å². The first-order valence-electron chi connectivity index (χ1n) is 10.2. The predicted octanol–water partition coefficient (Wildman–Crippen LogP) is 5.23. The molecule has 0 spiro atoms. The Balaban J connectivity index is 2.55. The van der Waals surface area contributed by atoms with E-state index in [0.29, 0.717) is 17.4 Å². The highest BCUT2D eigenvalue weighted by atomic mass is 16.3. The zero-order valence-electron chi connectivity index (χ0n) is 17.6. The summed E-state index contributed by atoms with van der Waals surface area (Å²) in [5, 5.41) is 11.9. The number of carbonyl (C=O) groups excluding carboxylic acids is 1. The standard InChI is InChI=1S/C23H37NO2/c1-15(2)20-13-12-18(7)14-23(20,26)21-11-9-8-10-19(21)22(25)24(16(3)4)17(5)6/h8-11,15-18,20,26H,12-14H2,1-7H3/t18-,20+,23?/m0/s1. The molecule has 1 aromatic carbocycles. The minimum absolute atomic E-state index is 0.0276. The number of benzene rings is 1. The van der Waals surface area contributed by atoms with E-state index in [0.717, 1.165) is 24.8 Å². The van der Waals surface area contributed by atoms with Crippen LogP contribution in [0.2, 0.25) is 0 Å². The summed E-state index contributed by atoms with van der Waals surface area (Å²) in [5.41, 5.74) is 0.552. The van der Waals surface area contributed by atoms with Crippen LogP contribution >= 0.6 is 0 Å². The van der Waals surface area contributed by atoms with E-state index in [2.05, 4.69) is 48.5 Å². The van der Waals surface area contributed by atoms with Crippen LogP contribution in [-0.2, 0) is 5.60 Å². The van der Waals surface area contributed by atoms with Gasteiger partial charge in [0.15, 0.2) is 0 Å². The van der Waals surface area contributed by atoms with E-state index in [1.165, 1.54) is 0 Å². The fourth-order valence-electron chi connectivity index (χ4n) is 4.93. The Kier molecular flexibility index (Phi) is 6.55. The summed E-state index contributed by atoms with van der Waals surface area (Å²) < 4.78 is 0. The molecule has 1 saturated carbocycles. The smallest absolute Gasteiger partial charge is 0.254 e. The Morgan fingerprint density at radius 3 is 2.19 bits per heavy atom. The van der Waals surface area contributed by atoms with E-state index in [1.54, 1.807) is 0 Å². The number of hydrogen-bond acceptors (Lipinski definition) is 2. The lowest BCUT2D eigenvalue weighted by atomic mass is 9.63. The van der Waals surface area contributed by atoms with Crippen LogP contribution in [-0.4, -0.2) is 28.0 Å². The zero-order chi connectivity index (χ0) is 19.6. The van der Waals surface area contributed by atoms with Gasteiger partial charge in [-0.25, -0.2) is 0 Å². The van der Waals surface area contributed by atoms with Crippen molar-refractivity contribution >= 4 is 5.91 Å². The molecule has 1 amide bonds. The van der Waals surface area contributed by atoms with Crippen LogP contribution in [0.1, 0.15) is 83.7 Å². The van der Waals surface area contributed by atoms with E-state index in [9.17, 15) is 9.90 Å². The molecule has 2 rings (SSSR count). The van der Waals surface area contributed by atoms with Crippen molar-refractivity contribution in [3.63, 3.8) is 0 Å². The highest BCUT2D eigenvalue weighted by Crippen LogP contribution is 2.48. The van der Waals surface area contributed by atoms with Gasteiger partial charge in [0.2, 0.25) is 0 Å². The van der Waals surface area contributed by atoms with Crippen molar-refractivity contribution in [1.82, 2.24) is 4.90 Å². The Bertz CT molecular complexity index is 614. The molecule has 0 aromatic heterocycles. The molecule has 146 valence electrons. The first-order valence-corrected chi connectivity index (χ1v) is 10.2. The molecule has 26 heavy (non-hydrogen) atoms. The number of aliphatic hydroxyl groups is 1. The van der Waals surface area contributed by atoms with Crippen LogP contribution in [0.3, 0.4) is 0 Å². The topological polar surface area (TPSA) is 40.5 Å². The van der Waals surface area contributed by atoms with Crippen LogP contribution in [0, 0.1) is 17.8 Å². The third kappa shape index (κ3) is 3.98. The molecule has 1 aliphatic carbocycles. The van der Waals surface area contributed by atoms with Gasteiger partial charge in [0.05, 0.1) is 5.60 Å². The Morgan fingerprint density at radius 1 is 1.08 bits per heavy atom. The van der Waals surface area contributed by atoms with E-state index < -0.39 is 5.60 Å². The fourth-order valence-corrected chi connectivity index (χ4v) is 4.93. The minimum atomic E-state index is -0.933. The van der Waals surface area contributed by atoms with Gasteiger partial charge in [0.1, 0.15) is 0 Å². The predicted molar refractivity (Wildman–Crippen MR) is 108 cm³/mol. The van der Waals surface area contributed by atoms with Gasteiger partial charge in [-0.15, -0.1) is 0 Å². The largest absolute Gasteiger partial charge is 0.385 e. The molecule has 0 aliphatic heterocycles. The monoisotopic (exact) mass is 359 g/mol. The third-order valence-corrected chi connectivity index (χ3v) is 6.02. The second kappa shape index (κ2) is 8.12. The maximum Gasteiger partial charge on any atom is 0.254 e.